The summed E-state index contributed by atoms with van der Waals surface area (Å²) in [5, 5.41) is 8.13. The highest BCUT2D eigenvalue weighted by atomic mass is 16.1. The molecule has 1 fully saturated rings. The second-order valence-corrected chi connectivity index (χ2v) is 8.13. The van der Waals surface area contributed by atoms with E-state index in [2.05, 4.69) is 43.2 Å². The van der Waals surface area contributed by atoms with Crippen molar-refractivity contribution < 1.29 is 4.79 Å². The molecule has 1 aliphatic heterocycles. The number of hydrogen-bond donors (Lipinski definition) is 1. The van der Waals surface area contributed by atoms with E-state index in [1.54, 1.807) is 35.4 Å². The number of anilines is 2. The summed E-state index contributed by atoms with van der Waals surface area (Å²) in [6, 6.07) is 7.29. The third-order valence-electron chi connectivity index (χ3n) is 6.00. The highest BCUT2D eigenvalue weighted by Crippen LogP contribution is 2.33. The lowest BCUT2D eigenvalue weighted by molar-refractivity contribution is 0.102. The van der Waals surface area contributed by atoms with E-state index >= 15 is 0 Å². The molecule has 1 amide bonds. The Kier molecular flexibility index (Phi) is 5.70. The molecule has 1 aliphatic rings. The number of nitrogens with zero attached hydrogens (tertiary/aromatic N) is 7. The van der Waals surface area contributed by atoms with Gasteiger partial charge in [0.2, 0.25) is 0 Å². The van der Waals surface area contributed by atoms with Gasteiger partial charge in [-0.2, -0.15) is 5.10 Å². The number of amides is 1. The topological polar surface area (TPSA) is 92.1 Å². The highest BCUT2D eigenvalue weighted by molar-refractivity contribution is 6.04. The van der Waals surface area contributed by atoms with Crippen LogP contribution >= 0.6 is 0 Å². The quantitative estimate of drug-likeness (QED) is 0.508. The fourth-order valence-electron chi connectivity index (χ4n) is 4.12. The molecule has 0 aromatic carbocycles. The van der Waals surface area contributed by atoms with Gasteiger partial charge < -0.3 is 15.1 Å². The van der Waals surface area contributed by atoms with Crippen LogP contribution in [0.2, 0.25) is 0 Å². The maximum absolute atomic E-state index is 12.5. The number of aromatic nitrogens is 5. The lowest BCUT2D eigenvalue weighted by atomic mass is 10.1. The van der Waals surface area contributed by atoms with Crippen LogP contribution in [-0.4, -0.2) is 68.3 Å². The van der Waals surface area contributed by atoms with Crippen molar-refractivity contribution in [3.63, 3.8) is 0 Å². The summed E-state index contributed by atoms with van der Waals surface area (Å²) >= 11 is 0. The molecule has 5 rings (SSSR count). The predicted octanol–water partition coefficient (Wildman–Crippen LogP) is 2.82. The average Bonchev–Trinajstić information content (AvgIpc) is 3.30. The first kappa shape index (κ1) is 21.0. The summed E-state index contributed by atoms with van der Waals surface area (Å²) in [4.78, 5) is 30.8. The minimum absolute atomic E-state index is 0.234. The second kappa shape index (κ2) is 8.95. The fourth-order valence-corrected chi connectivity index (χ4v) is 4.12. The lowest BCUT2D eigenvalue weighted by Gasteiger charge is -2.36. The van der Waals surface area contributed by atoms with E-state index in [-0.39, 0.29) is 5.91 Å². The van der Waals surface area contributed by atoms with Crippen molar-refractivity contribution in [3.8, 4) is 11.3 Å². The van der Waals surface area contributed by atoms with Crippen molar-refractivity contribution in [2.24, 2.45) is 7.05 Å². The Morgan fingerprint density at radius 1 is 1.09 bits per heavy atom. The van der Waals surface area contributed by atoms with Gasteiger partial charge >= 0.3 is 0 Å². The second-order valence-electron chi connectivity index (χ2n) is 8.13. The number of piperazine rings is 1. The standard InChI is InChI=1S/C24H26N8O/c1-3-31-8-10-32(11-9-31)21-12-18-14-26-22(29-24(33)17-4-6-25-7-5-17)13-20(18)28-23(21)19-15-27-30(2)16-19/h4-7,12-16H,3,8-11H2,1-2H3,(H,26,29,33). The van der Waals surface area contributed by atoms with Crippen molar-refractivity contribution in [2.75, 3.05) is 42.9 Å². The van der Waals surface area contributed by atoms with E-state index in [9.17, 15) is 4.79 Å². The number of carbonyl (C=O) groups is 1. The summed E-state index contributed by atoms with van der Waals surface area (Å²) in [5.41, 5.74) is 4.23. The number of likely N-dealkylation sites (N-methyl/N-ethyl adjacent to an activating group) is 1. The number of pyridine rings is 3. The molecule has 0 aliphatic carbocycles. The van der Waals surface area contributed by atoms with Crippen molar-refractivity contribution in [1.29, 1.82) is 0 Å². The van der Waals surface area contributed by atoms with Crippen LogP contribution in [-0.2, 0) is 7.05 Å². The Morgan fingerprint density at radius 3 is 2.58 bits per heavy atom. The molecule has 0 radical (unpaired) electrons. The van der Waals surface area contributed by atoms with E-state index < -0.39 is 0 Å². The minimum atomic E-state index is -0.234. The third kappa shape index (κ3) is 4.40. The molecule has 33 heavy (non-hydrogen) atoms. The molecule has 0 saturated carbocycles. The van der Waals surface area contributed by atoms with Gasteiger partial charge in [0.1, 0.15) is 5.82 Å². The Hall–Kier alpha value is -3.85. The molecular formula is C24H26N8O. The van der Waals surface area contributed by atoms with Crippen LogP contribution < -0.4 is 10.2 Å². The van der Waals surface area contributed by atoms with E-state index in [4.69, 9.17) is 4.98 Å². The Balaban J connectivity index is 1.51. The molecular weight excluding hydrogens is 416 g/mol. The number of aryl methyl sites for hydroxylation is 1. The van der Waals surface area contributed by atoms with Crippen molar-refractivity contribution in [2.45, 2.75) is 6.92 Å². The van der Waals surface area contributed by atoms with E-state index in [0.29, 0.717) is 11.4 Å². The molecule has 5 heterocycles. The Bertz CT molecular complexity index is 1280. The van der Waals surface area contributed by atoms with Crippen LogP contribution in [0.15, 0.2) is 55.2 Å². The average molecular weight is 443 g/mol. The van der Waals surface area contributed by atoms with E-state index in [1.165, 1.54) is 0 Å². The van der Waals surface area contributed by atoms with Gasteiger partial charge in [0.15, 0.2) is 0 Å². The number of rotatable bonds is 5. The maximum atomic E-state index is 12.5. The lowest BCUT2D eigenvalue weighted by Crippen LogP contribution is -2.46. The molecule has 168 valence electrons. The van der Waals surface area contributed by atoms with Crippen LogP contribution in [0.3, 0.4) is 0 Å². The van der Waals surface area contributed by atoms with Gasteiger partial charge in [-0.3, -0.25) is 14.5 Å². The highest BCUT2D eigenvalue weighted by Gasteiger charge is 2.21. The van der Waals surface area contributed by atoms with Gasteiger partial charge in [-0.05, 0) is 24.7 Å². The molecule has 0 unspecified atom stereocenters. The molecule has 9 heteroatoms. The van der Waals surface area contributed by atoms with Crippen LogP contribution in [0.1, 0.15) is 17.3 Å². The molecule has 0 bridgehead atoms. The zero-order chi connectivity index (χ0) is 22.8. The largest absolute Gasteiger partial charge is 0.367 e. The normalized spacial score (nSPS) is 14.5. The number of fused-ring (bicyclic) bond motifs is 1. The molecule has 9 nitrogen and oxygen atoms in total. The minimum Gasteiger partial charge on any atom is -0.367 e. The number of hydrogen-bond acceptors (Lipinski definition) is 7. The number of carbonyl (C=O) groups excluding carboxylic acids is 1. The first-order valence-corrected chi connectivity index (χ1v) is 11.1. The van der Waals surface area contributed by atoms with Crippen LogP contribution in [0.5, 0.6) is 0 Å². The maximum Gasteiger partial charge on any atom is 0.256 e. The molecule has 0 atom stereocenters. The van der Waals surface area contributed by atoms with Crippen LogP contribution in [0, 0.1) is 0 Å². The first-order chi connectivity index (χ1) is 16.1. The monoisotopic (exact) mass is 442 g/mol. The third-order valence-corrected chi connectivity index (χ3v) is 6.00. The van der Waals surface area contributed by atoms with Gasteiger partial charge in [-0.25, -0.2) is 9.97 Å². The molecule has 4 aromatic heterocycles. The smallest absolute Gasteiger partial charge is 0.256 e. The van der Waals surface area contributed by atoms with Gasteiger partial charge in [0.05, 0.1) is 23.1 Å². The van der Waals surface area contributed by atoms with E-state index in [0.717, 1.165) is 60.6 Å². The number of nitrogens with one attached hydrogen (secondary N) is 1. The Labute approximate surface area is 192 Å². The van der Waals surface area contributed by atoms with Gasteiger partial charge in [-0.1, -0.05) is 6.92 Å². The summed E-state index contributed by atoms with van der Waals surface area (Å²) in [7, 11) is 1.90. The van der Waals surface area contributed by atoms with Gasteiger partial charge in [-0.15, -0.1) is 0 Å². The van der Waals surface area contributed by atoms with Crippen molar-refractivity contribution >= 4 is 28.3 Å². The van der Waals surface area contributed by atoms with Gasteiger partial charge in [0.25, 0.3) is 5.91 Å². The predicted molar refractivity (Wildman–Crippen MR) is 128 cm³/mol. The van der Waals surface area contributed by atoms with Gasteiger partial charge in [0, 0.05) is 80.6 Å². The SMILES string of the molecule is CCN1CCN(c2cc3cnc(NC(=O)c4ccncc4)cc3nc2-c2cnn(C)c2)CC1. The zero-order valence-electron chi connectivity index (χ0n) is 18.8. The first-order valence-electron chi connectivity index (χ1n) is 11.1. The molecule has 0 spiro atoms. The van der Waals surface area contributed by atoms with Crippen molar-refractivity contribution in [1.82, 2.24) is 29.6 Å². The van der Waals surface area contributed by atoms with Crippen LogP contribution in [0.25, 0.3) is 22.2 Å². The fraction of sp³-hybridized carbons (Fsp3) is 0.292. The molecule has 4 aromatic rings. The summed E-state index contributed by atoms with van der Waals surface area (Å²) < 4.78 is 1.78. The molecule has 1 saturated heterocycles. The summed E-state index contributed by atoms with van der Waals surface area (Å²) in [6.07, 6.45) is 8.77. The van der Waals surface area contributed by atoms with Crippen LogP contribution in [0.4, 0.5) is 11.5 Å². The Morgan fingerprint density at radius 2 is 1.88 bits per heavy atom. The summed E-state index contributed by atoms with van der Waals surface area (Å²) in [5.74, 6) is 0.223. The summed E-state index contributed by atoms with van der Waals surface area (Å²) in [6.45, 7) is 7.21. The van der Waals surface area contributed by atoms with E-state index in [1.807, 2.05) is 25.5 Å². The zero-order valence-corrected chi connectivity index (χ0v) is 18.8. The molecule has 1 N–H and O–H groups in total. The van der Waals surface area contributed by atoms with Crippen molar-refractivity contribution in [3.05, 3.63) is 60.8 Å².